The van der Waals surface area contributed by atoms with E-state index in [9.17, 15) is 0 Å². The van der Waals surface area contributed by atoms with Gasteiger partial charge >= 0.3 is 0 Å². The number of rotatable bonds is 5. The standard InChI is InChI=1S/C15H18N2OS/c1-11(16)12-5-3-7-14(9-12)19-10-13-6-4-8-15(17-13)18-2/h3-9,11H,10,16H2,1-2H3. The summed E-state index contributed by atoms with van der Waals surface area (Å²) in [5.74, 6) is 1.47. The van der Waals surface area contributed by atoms with Crippen LogP contribution in [0.15, 0.2) is 47.4 Å². The molecule has 1 atom stereocenters. The van der Waals surface area contributed by atoms with E-state index in [0.717, 1.165) is 17.0 Å². The second-order valence-corrected chi connectivity index (χ2v) is 5.37. The van der Waals surface area contributed by atoms with E-state index in [2.05, 4.69) is 23.2 Å². The number of hydrogen-bond acceptors (Lipinski definition) is 4. The van der Waals surface area contributed by atoms with Crippen LogP contribution in [0, 0.1) is 0 Å². The SMILES string of the molecule is COc1cccc(CSc2cccc(C(C)N)c2)n1. The topological polar surface area (TPSA) is 48.1 Å². The summed E-state index contributed by atoms with van der Waals surface area (Å²) in [6.07, 6.45) is 0. The quantitative estimate of drug-likeness (QED) is 0.849. The molecular formula is C15H18N2OS. The van der Waals surface area contributed by atoms with E-state index in [1.807, 2.05) is 31.2 Å². The van der Waals surface area contributed by atoms with Crippen molar-refractivity contribution in [3.63, 3.8) is 0 Å². The van der Waals surface area contributed by atoms with Crippen molar-refractivity contribution in [2.24, 2.45) is 5.73 Å². The lowest BCUT2D eigenvalue weighted by Gasteiger charge is -2.08. The summed E-state index contributed by atoms with van der Waals surface area (Å²) in [6.45, 7) is 1.99. The molecule has 2 rings (SSSR count). The summed E-state index contributed by atoms with van der Waals surface area (Å²) in [7, 11) is 1.63. The van der Waals surface area contributed by atoms with Crippen molar-refractivity contribution in [2.75, 3.05) is 7.11 Å². The van der Waals surface area contributed by atoms with Gasteiger partial charge in [0.2, 0.25) is 5.88 Å². The van der Waals surface area contributed by atoms with Crippen LogP contribution in [-0.2, 0) is 5.75 Å². The number of nitrogens with zero attached hydrogens (tertiary/aromatic N) is 1. The second kappa shape index (κ2) is 6.59. The van der Waals surface area contributed by atoms with E-state index in [-0.39, 0.29) is 6.04 Å². The maximum atomic E-state index is 5.89. The number of benzene rings is 1. The van der Waals surface area contributed by atoms with E-state index in [1.165, 1.54) is 4.90 Å². The summed E-state index contributed by atoms with van der Waals surface area (Å²) in [4.78, 5) is 5.60. The molecule has 1 heterocycles. The highest BCUT2D eigenvalue weighted by Gasteiger charge is 2.03. The molecule has 0 saturated heterocycles. The molecule has 19 heavy (non-hydrogen) atoms. The highest BCUT2D eigenvalue weighted by Crippen LogP contribution is 2.25. The Balaban J connectivity index is 2.03. The molecule has 0 aliphatic carbocycles. The molecule has 0 fully saturated rings. The molecular weight excluding hydrogens is 256 g/mol. The number of pyridine rings is 1. The largest absolute Gasteiger partial charge is 0.481 e. The number of ether oxygens (including phenoxy) is 1. The second-order valence-electron chi connectivity index (χ2n) is 4.32. The molecule has 0 aliphatic rings. The molecule has 0 aliphatic heterocycles. The lowest BCUT2D eigenvalue weighted by atomic mass is 10.1. The van der Waals surface area contributed by atoms with Crippen LogP contribution in [0.25, 0.3) is 0 Å². The lowest BCUT2D eigenvalue weighted by Crippen LogP contribution is -2.04. The Hall–Kier alpha value is -1.52. The van der Waals surface area contributed by atoms with Crippen LogP contribution in [0.5, 0.6) is 5.88 Å². The van der Waals surface area contributed by atoms with Crippen LogP contribution in [0.3, 0.4) is 0 Å². The predicted molar refractivity (Wildman–Crippen MR) is 79.4 cm³/mol. The first-order valence-electron chi connectivity index (χ1n) is 6.17. The van der Waals surface area contributed by atoms with Gasteiger partial charge in [-0.15, -0.1) is 11.8 Å². The number of nitrogens with two attached hydrogens (primary N) is 1. The Morgan fingerprint density at radius 1 is 1.26 bits per heavy atom. The number of thioether (sulfide) groups is 1. The Morgan fingerprint density at radius 3 is 2.79 bits per heavy atom. The number of hydrogen-bond donors (Lipinski definition) is 1. The highest BCUT2D eigenvalue weighted by molar-refractivity contribution is 7.98. The van der Waals surface area contributed by atoms with E-state index < -0.39 is 0 Å². The Labute approximate surface area is 118 Å². The minimum Gasteiger partial charge on any atom is -0.481 e. The van der Waals surface area contributed by atoms with Crippen LogP contribution in [-0.4, -0.2) is 12.1 Å². The summed E-state index contributed by atoms with van der Waals surface area (Å²) in [5.41, 5.74) is 8.06. The zero-order valence-corrected chi connectivity index (χ0v) is 12.0. The van der Waals surface area contributed by atoms with Gasteiger partial charge in [-0.2, -0.15) is 0 Å². The molecule has 3 nitrogen and oxygen atoms in total. The zero-order chi connectivity index (χ0) is 13.7. The van der Waals surface area contributed by atoms with Gasteiger partial charge in [0.1, 0.15) is 0 Å². The Kier molecular flexibility index (Phi) is 4.82. The van der Waals surface area contributed by atoms with Gasteiger partial charge in [0.05, 0.1) is 12.8 Å². The van der Waals surface area contributed by atoms with Crippen LogP contribution in [0.1, 0.15) is 24.2 Å². The fourth-order valence-electron chi connectivity index (χ4n) is 1.70. The van der Waals surface area contributed by atoms with E-state index >= 15 is 0 Å². The maximum absolute atomic E-state index is 5.89. The number of methoxy groups -OCH3 is 1. The van der Waals surface area contributed by atoms with Crippen molar-refractivity contribution >= 4 is 11.8 Å². The minimum atomic E-state index is 0.0653. The first-order chi connectivity index (χ1) is 9.19. The van der Waals surface area contributed by atoms with Gasteiger partial charge in [-0.05, 0) is 30.7 Å². The molecule has 0 saturated carbocycles. The van der Waals surface area contributed by atoms with E-state index in [0.29, 0.717) is 5.88 Å². The van der Waals surface area contributed by atoms with Gasteiger partial charge in [-0.25, -0.2) is 4.98 Å². The third-order valence-corrected chi connectivity index (χ3v) is 3.79. The van der Waals surface area contributed by atoms with Crippen LogP contribution in [0.2, 0.25) is 0 Å². The molecule has 2 aromatic rings. The fraction of sp³-hybridized carbons (Fsp3) is 0.267. The average molecular weight is 274 g/mol. The predicted octanol–water partition coefficient (Wildman–Crippen LogP) is 3.40. The average Bonchev–Trinajstić information content (AvgIpc) is 2.45. The lowest BCUT2D eigenvalue weighted by molar-refractivity contribution is 0.397. The first kappa shape index (κ1) is 13.9. The van der Waals surface area contributed by atoms with E-state index in [4.69, 9.17) is 10.5 Å². The van der Waals surface area contributed by atoms with Crippen LogP contribution in [0.4, 0.5) is 0 Å². The number of aromatic nitrogens is 1. The highest BCUT2D eigenvalue weighted by atomic mass is 32.2. The van der Waals surface area contributed by atoms with Crippen LogP contribution >= 0.6 is 11.8 Å². The molecule has 0 radical (unpaired) electrons. The smallest absolute Gasteiger partial charge is 0.213 e. The summed E-state index contributed by atoms with van der Waals surface area (Å²) >= 11 is 1.75. The van der Waals surface area contributed by atoms with Gasteiger partial charge in [0.15, 0.2) is 0 Å². The molecule has 2 N–H and O–H groups in total. The van der Waals surface area contributed by atoms with Gasteiger partial charge in [-0.1, -0.05) is 18.2 Å². The van der Waals surface area contributed by atoms with E-state index in [1.54, 1.807) is 18.9 Å². The van der Waals surface area contributed by atoms with Gasteiger partial charge in [-0.3, -0.25) is 0 Å². The van der Waals surface area contributed by atoms with Gasteiger partial charge in [0, 0.05) is 22.8 Å². The van der Waals surface area contributed by atoms with Crippen molar-refractivity contribution in [2.45, 2.75) is 23.6 Å². The first-order valence-corrected chi connectivity index (χ1v) is 7.16. The molecule has 0 amide bonds. The fourth-order valence-corrected chi connectivity index (χ4v) is 2.57. The van der Waals surface area contributed by atoms with Crippen molar-refractivity contribution < 1.29 is 4.74 Å². The minimum absolute atomic E-state index is 0.0653. The molecule has 1 aromatic heterocycles. The molecule has 1 aromatic carbocycles. The van der Waals surface area contributed by atoms with Crippen molar-refractivity contribution in [3.8, 4) is 5.88 Å². The molecule has 1 unspecified atom stereocenters. The zero-order valence-electron chi connectivity index (χ0n) is 11.2. The maximum Gasteiger partial charge on any atom is 0.213 e. The molecule has 0 spiro atoms. The molecule has 0 bridgehead atoms. The monoisotopic (exact) mass is 274 g/mol. The molecule has 100 valence electrons. The Bertz CT molecular complexity index is 543. The van der Waals surface area contributed by atoms with Crippen molar-refractivity contribution in [3.05, 3.63) is 53.7 Å². The van der Waals surface area contributed by atoms with Gasteiger partial charge < -0.3 is 10.5 Å². The van der Waals surface area contributed by atoms with Gasteiger partial charge in [0.25, 0.3) is 0 Å². The van der Waals surface area contributed by atoms with Crippen molar-refractivity contribution in [1.82, 2.24) is 4.98 Å². The Morgan fingerprint density at radius 2 is 2.05 bits per heavy atom. The summed E-state index contributed by atoms with van der Waals surface area (Å²) in [5, 5.41) is 0. The summed E-state index contributed by atoms with van der Waals surface area (Å²) in [6, 6.07) is 14.2. The van der Waals surface area contributed by atoms with Crippen molar-refractivity contribution in [1.29, 1.82) is 0 Å². The summed E-state index contributed by atoms with van der Waals surface area (Å²) < 4.78 is 5.12. The third kappa shape index (κ3) is 3.98. The third-order valence-electron chi connectivity index (χ3n) is 2.76. The normalized spacial score (nSPS) is 12.2. The molecule has 4 heteroatoms. The van der Waals surface area contributed by atoms with Crippen LogP contribution < -0.4 is 10.5 Å².